The van der Waals surface area contributed by atoms with Gasteiger partial charge in [-0.05, 0) is 62.6 Å². The van der Waals surface area contributed by atoms with Crippen LogP contribution < -0.4 is 0 Å². The van der Waals surface area contributed by atoms with Gasteiger partial charge in [-0.15, -0.1) is 0 Å². The van der Waals surface area contributed by atoms with E-state index in [0.717, 1.165) is 32.1 Å². The average molecular weight is 319 g/mol. The fourth-order valence-corrected chi connectivity index (χ4v) is 4.20. The summed E-state index contributed by atoms with van der Waals surface area (Å²) in [4.78, 5) is 14.7. The number of hydrogen-bond donors (Lipinski definition) is 1. The maximum Gasteiger partial charge on any atom is 0.254 e. The standard InChI is InChI=1S/C19H26FNO2/c1-12-5-8-18(22)15(10-12)17-4-3-9-21(17)19(23)14-7-6-13(2)16(20)11-14/h6-7,11-12,15,17-18,22H,3-5,8-10H2,1-2H3/t12-,15-,17+,18+/m0/s1. The Morgan fingerprint density at radius 2 is 2.09 bits per heavy atom. The summed E-state index contributed by atoms with van der Waals surface area (Å²) >= 11 is 0. The summed E-state index contributed by atoms with van der Waals surface area (Å²) in [6.07, 6.45) is 4.43. The largest absolute Gasteiger partial charge is 0.393 e. The number of rotatable bonds is 2. The number of aryl methyl sites for hydroxylation is 1. The van der Waals surface area contributed by atoms with Gasteiger partial charge >= 0.3 is 0 Å². The molecule has 1 saturated heterocycles. The van der Waals surface area contributed by atoms with Crippen molar-refractivity contribution in [3.05, 3.63) is 35.1 Å². The molecule has 126 valence electrons. The number of carbonyl (C=O) groups is 1. The van der Waals surface area contributed by atoms with Crippen molar-refractivity contribution in [1.82, 2.24) is 4.90 Å². The normalized spacial score (nSPS) is 31.4. The number of halogens is 1. The van der Waals surface area contributed by atoms with Crippen molar-refractivity contribution >= 4 is 5.91 Å². The van der Waals surface area contributed by atoms with Gasteiger partial charge in [0, 0.05) is 24.1 Å². The van der Waals surface area contributed by atoms with Gasteiger partial charge in [-0.25, -0.2) is 4.39 Å². The molecule has 0 unspecified atom stereocenters. The monoisotopic (exact) mass is 319 g/mol. The highest BCUT2D eigenvalue weighted by atomic mass is 19.1. The van der Waals surface area contributed by atoms with Crippen LogP contribution in [0.1, 0.15) is 54.9 Å². The van der Waals surface area contributed by atoms with E-state index < -0.39 is 0 Å². The van der Waals surface area contributed by atoms with E-state index >= 15 is 0 Å². The zero-order chi connectivity index (χ0) is 16.6. The molecule has 2 aliphatic rings. The van der Waals surface area contributed by atoms with Gasteiger partial charge in [0.25, 0.3) is 5.91 Å². The van der Waals surface area contributed by atoms with Crippen molar-refractivity contribution < 1.29 is 14.3 Å². The first-order chi connectivity index (χ1) is 11.0. The first kappa shape index (κ1) is 16.4. The van der Waals surface area contributed by atoms with Crippen LogP contribution in [0.25, 0.3) is 0 Å². The molecular formula is C19H26FNO2. The maximum absolute atomic E-state index is 13.8. The lowest BCUT2D eigenvalue weighted by Crippen LogP contribution is -2.46. The molecule has 4 heteroatoms. The Kier molecular flexibility index (Phi) is 4.72. The van der Waals surface area contributed by atoms with E-state index in [0.29, 0.717) is 23.6 Å². The molecule has 1 aliphatic carbocycles. The fourth-order valence-electron chi connectivity index (χ4n) is 4.20. The fraction of sp³-hybridized carbons (Fsp3) is 0.632. The van der Waals surface area contributed by atoms with Crippen LogP contribution in [-0.4, -0.2) is 34.6 Å². The number of aliphatic hydroxyl groups excluding tert-OH is 1. The maximum atomic E-state index is 13.8. The second-order valence-corrected chi connectivity index (χ2v) is 7.32. The van der Waals surface area contributed by atoms with Crippen LogP contribution in [0.2, 0.25) is 0 Å². The van der Waals surface area contributed by atoms with Crippen molar-refractivity contribution in [3.63, 3.8) is 0 Å². The quantitative estimate of drug-likeness (QED) is 0.906. The van der Waals surface area contributed by atoms with Crippen molar-refractivity contribution in [2.45, 2.75) is 58.1 Å². The van der Waals surface area contributed by atoms with Crippen LogP contribution >= 0.6 is 0 Å². The van der Waals surface area contributed by atoms with Gasteiger partial charge < -0.3 is 10.0 Å². The number of nitrogens with zero attached hydrogens (tertiary/aromatic N) is 1. The smallest absolute Gasteiger partial charge is 0.254 e. The van der Waals surface area contributed by atoms with Gasteiger partial charge in [0.05, 0.1) is 6.10 Å². The molecule has 0 bridgehead atoms. The second-order valence-electron chi connectivity index (χ2n) is 7.32. The zero-order valence-electron chi connectivity index (χ0n) is 14.0. The molecule has 1 aromatic carbocycles. The molecule has 3 rings (SSSR count). The molecule has 0 radical (unpaired) electrons. The molecule has 1 aliphatic heterocycles. The second kappa shape index (κ2) is 6.60. The highest BCUT2D eigenvalue weighted by Gasteiger charge is 2.40. The summed E-state index contributed by atoms with van der Waals surface area (Å²) in [6, 6.07) is 4.79. The topological polar surface area (TPSA) is 40.5 Å². The van der Waals surface area contributed by atoms with Crippen LogP contribution in [0.4, 0.5) is 4.39 Å². The number of hydrogen-bond acceptors (Lipinski definition) is 2. The molecule has 0 spiro atoms. The van der Waals surface area contributed by atoms with Crippen LogP contribution in [0.3, 0.4) is 0 Å². The van der Waals surface area contributed by atoms with Gasteiger partial charge in [0.15, 0.2) is 0 Å². The minimum Gasteiger partial charge on any atom is -0.393 e. The lowest BCUT2D eigenvalue weighted by Gasteiger charge is -2.39. The van der Waals surface area contributed by atoms with Gasteiger partial charge in [0.2, 0.25) is 0 Å². The predicted molar refractivity (Wildman–Crippen MR) is 87.7 cm³/mol. The number of likely N-dealkylation sites (tertiary alicyclic amines) is 1. The van der Waals surface area contributed by atoms with Crippen molar-refractivity contribution in [2.24, 2.45) is 11.8 Å². The summed E-state index contributed by atoms with van der Waals surface area (Å²) < 4.78 is 13.8. The van der Waals surface area contributed by atoms with E-state index in [1.807, 2.05) is 4.90 Å². The lowest BCUT2D eigenvalue weighted by atomic mass is 9.76. The Morgan fingerprint density at radius 3 is 2.83 bits per heavy atom. The Labute approximate surface area is 137 Å². The molecule has 4 atom stereocenters. The third-order valence-electron chi connectivity index (χ3n) is 5.60. The van der Waals surface area contributed by atoms with E-state index in [4.69, 9.17) is 0 Å². The van der Waals surface area contributed by atoms with E-state index in [2.05, 4.69) is 6.92 Å². The molecule has 1 heterocycles. The molecule has 1 amide bonds. The van der Waals surface area contributed by atoms with Gasteiger partial charge in [-0.2, -0.15) is 0 Å². The molecule has 2 fully saturated rings. The van der Waals surface area contributed by atoms with Crippen LogP contribution in [0, 0.1) is 24.6 Å². The van der Waals surface area contributed by atoms with Crippen molar-refractivity contribution in [3.8, 4) is 0 Å². The summed E-state index contributed by atoms with van der Waals surface area (Å²) in [6.45, 7) is 4.62. The molecule has 23 heavy (non-hydrogen) atoms. The SMILES string of the molecule is Cc1ccc(C(=O)N2CCC[C@@H]2[C@@H]2C[C@@H](C)CC[C@H]2O)cc1F. The number of carbonyl (C=O) groups excluding carboxylic acids is 1. The first-order valence-corrected chi connectivity index (χ1v) is 8.72. The molecule has 1 saturated carbocycles. The molecule has 3 nitrogen and oxygen atoms in total. The highest BCUT2D eigenvalue weighted by Crippen LogP contribution is 2.37. The molecule has 1 N–H and O–H groups in total. The lowest BCUT2D eigenvalue weighted by molar-refractivity contribution is 0.00858. The predicted octanol–water partition coefficient (Wildman–Crippen LogP) is 3.54. The third-order valence-corrected chi connectivity index (χ3v) is 5.60. The number of amides is 1. The highest BCUT2D eigenvalue weighted by molar-refractivity contribution is 5.94. The van der Waals surface area contributed by atoms with E-state index in [1.54, 1.807) is 19.1 Å². The van der Waals surface area contributed by atoms with Gasteiger partial charge in [-0.1, -0.05) is 13.0 Å². The van der Waals surface area contributed by atoms with Gasteiger partial charge in [-0.3, -0.25) is 4.79 Å². The number of benzene rings is 1. The minimum atomic E-state index is -0.335. The number of aliphatic hydroxyl groups is 1. The Balaban J connectivity index is 1.80. The summed E-state index contributed by atoms with van der Waals surface area (Å²) in [5.41, 5.74) is 0.967. The van der Waals surface area contributed by atoms with Crippen LogP contribution in [0.15, 0.2) is 18.2 Å². The summed E-state index contributed by atoms with van der Waals surface area (Å²) in [5.74, 6) is 0.313. The molecule has 0 aromatic heterocycles. The minimum absolute atomic E-state index is 0.0876. The zero-order valence-corrected chi connectivity index (χ0v) is 14.0. The first-order valence-electron chi connectivity index (χ1n) is 8.72. The van der Waals surface area contributed by atoms with E-state index in [9.17, 15) is 14.3 Å². The van der Waals surface area contributed by atoms with E-state index in [1.165, 1.54) is 6.07 Å². The van der Waals surface area contributed by atoms with Crippen molar-refractivity contribution in [2.75, 3.05) is 6.54 Å². The Hall–Kier alpha value is -1.42. The molecular weight excluding hydrogens is 293 g/mol. The molecule has 1 aromatic rings. The Bertz CT molecular complexity index is 589. The van der Waals surface area contributed by atoms with E-state index in [-0.39, 0.29) is 29.8 Å². The Morgan fingerprint density at radius 1 is 1.30 bits per heavy atom. The van der Waals surface area contributed by atoms with Crippen molar-refractivity contribution in [1.29, 1.82) is 0 Å². The third kappa shape index (κ3) is 3.27. The summed E-state index contributed by atoms with van der Waals surface area (Å²) in [5, 5.41) is 10.4. The van der Waals surface area contributed by atoms with Crippen LogP contribution in [-0.2, 0) is 0 Å². The average Bonchev–Trinajstić information content (AvgIpc) is 3.01. The van der Waals surface area contributed by atoms with Crippen LogP contribution in [0.5, 0.6) is 0 Å². The van der Waals surface area contributed by atoms with Gasteiger partial charge in [0.1, 0.15) is 5.82 Å². The summed E-state index contributed by atoms with van der Waals surface area (Å²) in [7, 11) is 0.